The van der Waals surface area contributed by atoms with Gasteiger partial charge in [0.2, 0.25) is 11.8 Å². The lowest BCUT2D eigenvalue weighted by molar-refractivity contribution is -0.150. The van der Waals surface area contributed by atoms with Crippen LogP contribution in [0.1, 0.15) is 33.0 Å². The normalized spacial score (nSPS) is 17.0. The first-order chi connectivity index (χ1) is 17.2. The van der Waals surface area contributed by atoms with Gasteiger partial charge in [0.05, 0.1) is 42.2 Å². The first kappa shape index (κ1) is 26.5. The van der Waals surface area contributed by atoms with Crippen molar-refractivity contribution in [2.45, 2.75) is 19.8 Å². The Morgan fingerprint density at radius 2 is 1.78 bits per heavy atom. The molecule has 1 aliphatic heterocycles. The van der Waals surface area contributed by atoms with E-state index in [9.17, 15) is 24.4 Å². The van der Waals surface area contributed by atoms with Crippen molar-refractivity contribution in [2.24, 2.45) is 5.92 Å². The molecule has 0 saturated carbocycles. The first-order valence-corrected chi connectivity index (χ1v) is 11.9. The molecule has 9 nitrogen and oxygen atoms in total. The Kier molecular flexibility index (Phi) is 8.51. The van der Waals surface area contributed by atoms with Crippen LogP contribution in [-0.2, 0) is 23.9 Å². The van der Waals surface area contributed by atoms with E-state index < -0.39 is 29.7 Å². The molecule has 2 aromatic rings. The fraction of sp³-hybridized carbons (Fsp3) is 0.269. The molecule has 0 aliphatic carbocycles. The molecule has 1 aliphatic rings. The van der Waals surface area contributed by atoms with E-state index in [0.717, 1.165) is 30.0 Å². The maximum absolute atomic E-state index is 12.9. The molecule has 2 atom stereocenters. The molecule has 1 heterocycles. The van der Waals surface area contributed by atoms with E-state index >= 15 is 0 Å². The van der Waals surface area contributed by atoms with Crippen LogP contribution in [0.3, 0.4) is 0 Å². The number of hydrogen-bond donors (Lipinski definition) is 2. The van der Waals surface area contributed by atoms with Gasteiger partial charge in [-0.1, -0.05) is 41.6 Å². The second-order valence-electron chi connectivity index (χ2n) is 8.09. The monoisotopic (exact) mass is 507 g/mol. The molecule has 186 valence electrons. The van der Waals surface area contributed by atoms with Crippen LogP contribution in [0.2, 0.25) is 0 Å². The summed E-state index contributed by atoms with van der Waals surface area (Å²) in [4.78, 5) is 49.9. The quantitative estimate of drug-likeness (QED) is 0.431. The molecule has 0 bridgehead atoms. The van der Waals surface area contributed by atoms with Crippen molar-refractivity contribution in [3.8, 4) is 6.07 Å². The van der Waals surface area contributed by atoms with Gasteiger partial charge in [-0.25, -0.2) is 4.79 Å². The number of hydrogen-bond acceptors (Lipinski definition) is 8. The summed E-state index contributed by atoms with van der Waals surface area (Å²) < 4.78 is 9.53. The van der Waals surface area contributed by atoms with Gasteiger partial charge < -0.3 is 20.1 Å². The Morgan fingerprint density at radius 3 is 2.36 bits per heavy atom. The number of aryl methyl sites for hydroxylation is 2. The number of anilines is 1. The minimum Gasteiger partial charge on any atom is -0.468 e. The molecule has 0 unspecified atom stereocenters. The van der Waals surface area contributed by atoms with Crippen molar-refractivity contribution in [3.63, 3.8) is 0 Å². The maximum atomic E-state index is 12.9. The van der Waals surface area contributed by atoms with Crippen LogP contribution in [-0.4, -0.2) is 43.7 Å². The molecule has 0 spiro atoms. The van der Waals surface area contributed by atoms with Crippen LogP contribution in [0.15, 0.2) is 53.1 Å². The summed E-state index contributed by atoms with van der Waals surface area (Å²) in [5, 5.41) is 15.6. The van der Waals surface area contributed by atoms with Gasteiger partial charge in [-0.2, -0.15) is 5.26 Å². The number of ether oxygens (including phenoxy) is 2. The van der Waals surface area contributed by atoms with E-state index in [4.69, 9.17) is 9.47 Å². The lowest BCUT2D eigenvalue weighted by Gasteiger charge is -2.31. The standard InChI is InChI=1S/C26H25N3O6S/c1-14-5-10-19(15(2)11-14)28-20(30)13-36-24-18(12-27)21(22(23(31)29-24)26(33)35-4)16-6-8-17(9-7-16)25(32)34-3/h5-11,21-22H,13H2,1-4H3,(H,28,30)(H,29,31)/t21-,22-/m0/s1. The molecule has 2 amide bonds. The number of benzene rings is 2. The number of thioether (sulfide) groups is 1. The van der Waals surface area contributed by atoms with E-state index in [1.54, 1.807) is 12.1 Å². The zero-order chi connectivity index (χ0) is 26.4. The smallest absolute Gasteiger partial charge is 0.337 e. The molecule has 0 aromatic heterocycles. The van der Waals surface area contributed by atoms with Crippen LogP contribution in [0.5, 0.6) is 0 Å². The van der Waals surface area contributed by atoms with Crippen LogP contribution < -0.4 is 10.6 Å². The summed E-state index contributed by atoms with van der Waals surface area (Å²) in [6, 6.07) is 13.8. The molecule has 3 rings (SSSR count). The number of nitriles is 1. The molecule has 0 saturated heterocycles. The lowest BCUT2D eigenvalue weighted by atomic mass is 9.78. The molecule has 10 heteroatoms. The number of rotatable bonds is 7. The highest BCUT2D eigenvalue weighted by Crippen LogP contribution is 2.40. The first-order valence-electron chi connectivity index (χ1n) is 10.9. The highest BCUT2D eigenvalue weighted by atomic mass is 32.2. The molecular weight excluding hydrogens is 482 g/mol. The summed E-state index contributed by atoms with van der Waals surface area (Å²) in [6.07, 6.45) is 0. The SMILES string of the molecule is COC(=O)c1ccc([C@H]2C(C#N)=C(SCC(=O)Nc3ccc(C)cc3C)NC(=O)[C@H]2C(=O)OC)cc1. The Labute approximate surface area is 212 Å². The third-order valence-corrected chi connectivity index (χ3v) is 6.70. The van der Waals surface area contributed by atoms with Gasteiger partial charge in [-0.15, -0.1) is 0 Å². The second-order valence-corrected chi connectivity index (χ2v) is 9.08. The van der Waals surface area contributed by atoms with Crippen LogP contribution in [0, 0.1) is 31.1 Å². The summed E-state index contributed by atoms with van der Waals surface area (Å²) in [5.74, 6) is -4.69. The number of allylic oxidation sites excluding steroid dienone is 1. The van der Waals surface area contributed by atoms with E-state index in [1.807, 2.05) is 32.0 Å². The summed E-state index contributed by atoms with van der Waals surface area (Å²) in [6.45, 7) is 3.84. The fourth-order valence-corrected chi connectivity index (χ4v) is 4.75. The summed E-state index contributed by atoms with van der Waals surface area (Å²) in [5.41, 5.74) is 3.49. The predicted octanol–water partition coefficient (Wildman–Crippen LogP) is 3.20. The van der Waals surface area contributed by atoms with Crippen molar-refractivity contribution in [3.05, 3.63) is 75.3 Å². The second kappa shape index (κ2) is 11.6. The van der Waals surface area contributed by atoms with Crippen molar-refractivity contribution in [2.75, 3.05) is 25.3 Å². The average molecular weight is 508 g/mol. The number of methoxy groups -OCH3 is 2. The van der Waals surface area contributed by atoms with Crippen LogP contribution >= 0.6 is 11.8 Å². The Hall–Kier alpha value is -4.10. The number of amides is 2. The van der Waals surface area contributed by atoms with Gasteiger partial charge in [0.15, 0.2) is 0 Å². The van der Waals surface area contributed by atoms with Crippen molar-refractivity contribution in [1.82, 2.24) is 5.32 Å². The van der Waals surface area contributed by atoms with E-state index in [2.05, 4.69) is 16.7 Å². The zero-order valence-electron chi connectivity index (χ0n) is 20.2. The average Bonchev–Trinajstić information content (AvgIpc) is 2.87. The number of carbonyl (C=O) groups excluding carboxylic acids is 4. The fourth-order valence-electron chi connectivity index (χ4n) is 3.90. The third kappa shape index (κ3) is 5.75. The minimum atomic E-state index is -1.32. The van der Waals surface area contributed by atoms with Gasteiger partial charge in [-0.3, -0.25) is 14.4 Å². The Balaban J connectivity index is 1.91. The highest BCUT2D eigenvalue weighted by molar-refractivity contribution is 8.03. The van der Waals surface area contributed by atoms with E-state index in [0.29, 0.717) is 11.3 Å². The highest BCUT2D eigenvalue weighted by Gasteiger charge is 2.44. The summed E-state index contributed by atoms with van der Waals surface area (Å²) in [7, 11) is 2.41. The van der Waals surface area contributed by atoms with Gasteiger partial charge in [-0.05, 0) is 43.2 Å². The van der Waals surface area contributed by atoms with E-state index in [1.165, 1.54) is 19.2 Å². The molecule has 2 aromatic carbocycles. The van der Waals surface area contributed by atoms with Crippen LogP contribution in [0.25, 0.3) is 0 Å². The lowest BCUT2D eigenvalue weighted by Crippen LogP contribution is -2.44. The number of nitrogens with one attached hydrogen (secondary N) is 2. The largest absolute Gasteiger partial charge is 0.468 e. The molecule has 2 N–H and O–H groups in total. The number of nitrogens with zero attached hydrogens (tertiary/aromatic N) is 1. The van der Waals surface area contributed by atoms with Gasteiger partial charge in [0.25, 0.3) is 0 Å². The van der Waals surface area contributed by atoms with Crippen molar-refractivity contribution in [1.29, 1.82) is 5.26 Å². The zero-order valence-corrected chi connectivity index (χ0v) is 21.0. The number of carbonyl (C=O) groups is 4. The van der Waals surface area contributed by atoms with E-state index in [-0.39, 0.29) is 27.8 Å². The topological polar surface area (TPSA) is 135 Å². The molecule has 0 radical (unpaired) electrons. The Morgan fingerprint density at radius 1 is 1.08 bits per heavy atom. The number of esters is 2. The van der Waals surface area contributed by atoms with Crippen LogP contribution in [0.4, 0.5) is 5.69 Å². The van der Waals surface area contributed by atoms with Gasteiger partial charge in [0, 0.05) is 11.6 Å². The molecular formula is C26H25N3O6S. The molecule has 0 fully saturated rings. The van der Waals surface area contributed by atoms with Crippen molar-refractivity contribution < 1.29 is 28.7 Å². The third-order valence-electron chi connectivity index (χ3n) is 5.68. The summed E-state index contributed by atoms with van der Waals surface area (Å²) >= 11 is 0.989. The van der Waals surface area contributed by atoms with Gasteiger partial charge >= 0.3 is 11.9 Å². The van der Waals surface area contributed by atoms with Crippen molar-refractivity contribution >= 4 is 41.2 Å². The minimum absolute atomic E-state index is 0.0784. The molecule has 36 heavy (non-hydrogen) atoms. The predicted molar refractivity (Wildman–Crippen MR) is 134 cm³/mol. The van der Waals surface area contributed by atoms with Gasteiger partial charge in [0.1, 0.15) is 5.92 Å². The maximum Gasteiger partial charge on any atom is 0.337 e. The Bertz CT molecular complexity index is 1280.